The monoisotopic (exact) mass is 411 g/mol. The van der Waals surface area contributed by atoms with E-state index in [0.29, 0.717) is 10.9 Å². The fraction of sp³-hybridized carbons (Fsp3) is 0.538. The molecule has 0 aliphatic carbocycles. The van der Waals surface area contributed by atoms with Crippen LogP contribution in [-0.4, -0.2) is 52.3 Å². The van der Waals surface area contributed by atoms with Crippen LogP contribution in [0.5, 0.6) is 5.75 Å². The summed E-state index contributed by atoms with van der Waals surface area (Å²) in [5.74, 6) is 0.137. The molecule has 0 N–H and O–H groups in total. The van der Waals surface area contributed by atoms with Gasteiger partial charge in [-0.05, 0) is 24.6 Å². The van der Waals surface area contributed by atoms with Gasteiger partial charge in [0.25, 0.3) is 0 Å². The van der Waals surface area contributed by atoms with Gasteiger partial charge in [0.15, 0.2) is 9.84 Å². The van der Waals surface area contributed by atoms with Gasteiger partial charge in [0.2, 0.25) is 10.0 Å². The Hall–Kier alpha value is -0.640. The number of rotatable bonds is 5. The van der Waals surface area contributed by atoms with Gasteiger partial charge < -0.3 is 4.74 Å². The van der Waals surface area contributed by atoms with Crippen molar-refractivity contribution in [3.05, 3.63) is 22.7 Å². The second kappa shape index (κ2) is 6.46. The van der Waals surface area contributed by atoms with Crippen LogP contribution in [0.25, 0.3) is 0 Å². The van der Waals surface area contributed by atoms with Crippen LogP contribution >= 0.6 is 15.9 Å². The maximum Gasteiger partial charge on any atom is 0.247 e. The summed E-state index contributed by atoms with van der Waals surface area (Å²) in [6.45, 7) is 1.91. The molecule has 1 aromatic carbocycles. The molecule has 0 amide bonds. The highest BCUT2D eigenvalue weighted by Gasteiger charge is 2.39. The van der Waals surface area contributed by atoms with Crippen LogP contribution in [0, 0.1) is 0 Å². The van der Waals surface area contributed by atoms with E-state index in [4.69, 9.17) is 4.74 Å². The van der Waals surface area contributed by atoms with Crippen molar-refractivity contribution in [2.45, 2.75) is 24.3 Å². The molecular weight excluding hydrogens is 394 g/mol. The van der Waals surface area contributed by atoms with Crippen molar-refractivity contribution in [2.75, 3.05) is 25.2 Å². The molecule has 1 aliphatic rings. The summed E-state index contributed by atoms with van der Waals surface area (Å²) >= 11 is 3.26. The number of methoxy groups -OCH3 is 1. The number of hydrogen-bond acceptors (Lipinski definition) is 5. The fourth-order valence-electron chi connectivity index (χ4n) is 2.61. The van der Waals surface area contributed by atoms with Gasteiger partial charge >= 0.3 is 0 Å². The minimum absolute atomic E-state index is 0.0271. The largest absolute Gasteiger partial charge is 0.495 e. The van der Waals surface area contributed by atoms with Gasteiger partial charge in [-0.25, -0.2) is 16.8 Å². The second-order valence-electron chi connectivity index (χ2n) is 5.06. The number of benzene rings is 1. The lowest BCUT2D eigenvalue weighted by molar-refractivity contribution is 0.349. The van der Waals surface area contributed by atoms with Crippen molar-refractivity contribution in [1.82, 2.24) is 4.31 Å². The first kappa shape index (κ1) is 17.7. The van der Waals surface area contributed by atoms with E-state index in [1.165, 1.54) is 17.5 Å². The van der Waals surface area contributed by atoms with Crippen molar-refractivity contribution < 1.29 is 21.6 Å². The summed E-state index contributed by atoms with van der Waals surface area (Å²) in [4.78, 5) is 0.0375. The van der Waals surface area contributed by atoms with E-state index in [2.05, 4.69) is 15.9 Å². The van der Waals surface area contributed by atoms with E-state index in [1.807, 2.05) is 0 Å². The van der Waals surface area contributed by atoms with Gasteiger partial charge in [0.1, 0.15) is 10.6 Å². The summed E-state index contributed by atoms with van der Waals surface area (Å²) in [5.41, 5.74) is 0. The number of halogens is 1. The summed E-state index contributed by atoms with van der Waals surface area (Å²) in [6, 6.07) is 4.20. The molecule has 1 fully saturated rings. The molecule has 0 aromatic heterocycles. The first-order chi connectivity index (χ1) is 10.2. The molecule has 1 atom stereocenters. The standard InChI is InChI=1S/C13H18BrNO5S2/c1-3-15(11-6-7-21(16,17)9-11)22(18,19)13-8-10(14)4-5-12(13)20-2/h4-5,8,11H,3,6-7,9H2,1-2H3/t11-/m0/s1. The van der Waals surface area contributed by atoms with Crippen molar-refractivity contribution in [3.8, 4) is 5.75 Å². The highest BCUT2D eigenvalue weighted by molar-refractivity contribution is 9.10. The lowest BCUT2D eigenvalue weighted by Gasteiger charge is -2.26. The maximum absolute atomic E-state index is 12.9. The zero-order valence-electron chi connectivity index (χ0n) is 12.3. The molecule has 9 heteroatoms. The van der Waals surface area contributed by atoms with Gasteiger partial charge in [0, 0.05) is 17.1 Å². The average molecular weight is 412 g/mol. The van der Waals surface area contributed by atoms with E-state index in [0.717, 1.165) is 0 Å². The second-order valence-corrected chi connectivity index (χ2v) is 10.1. The lowest BCUT2D eigenvalue weighted by atomic mass is 10.3. The Morgan fingerprint density at radius 3 is 2.59 bits per heavy atom. The van der Waals surface area contributed by atoms with Crippen LogP contribution in [0.3, 0.4) is 0 Å². The first-order valence-corrected chi connectivity index (χ1v) is 10.8. The predicted molar refractivity (Wildman–Crippen MR) is 87.3 cm³/mol. The predicted octanol–water partition coefficient (Wildman–Crippen LogP) is 1.66. The van der Waals surface area contributed by atoms with Crippen molar-refractivity contribution in [1.29, 1.82) is 0 Å². The molecule has 0 saturated carbocycles. The summed E-state index contributed by atoms with van der Waals surface area (Å²) in [6.07, 6.45) is 0.325. The van der Waals surface area contributed by atoms with E-state index < -0.39 is 25.9 Å². The third-order valence-corrected chi connectivity index (χ3v) is 7.93. The quantitative estimate of drug-likeness (QED) is 0.735. The van der Waals surface area contributed by atoms with E-state index in [-0.39, 0.29) is 28.7 Å². The van der Waals surface area contributed by atoms with E-state index in [9.17, 15) is 16.8 Å². The minimum atomic E-state index is -3.84. The molecular formula is C13H18BrNO5S2. The van der Waals surface area contributed by atoms with Crippen LogP contribution in [0.15, 0.2) is 27.6 Å². The van der Waals surface area contributed by atoms with Crippen molar-refractivity contribution >= 4 is 35.8 Å². The summed E-state index contributed by atoms with van der Waals surface area (Å²) in [7, 11) is -5.60. The number of nitrogens with zero attached hydrogens (tertiary/aromatic N) is 1. The number of ether oxygens (including phenoxy) is 1. The minimum Gasteiger partial charge on any atom is -0.495 e. The Kier molecular flexibility index (Phi) is 5.20. The van der Waals surface area contributed by atoms with Crippen LogP contribution < -0.4 is 4.74 Å². The number of sulfone groups is 1. The average Bonchev–Trinajstić information content (AvgIpc) is 2.79. The Labute approximate surface area is 139 Å². The summed E-state index contributed by atoms with van der Waals surface area (Å²) < 4.78 is 56.1. The third kappa shape index (κ3) is 3.47. The third-order valence-electron chi connectivity index (χ3n) is 3.64. The summed E-state index contributed by atoms with van der Waals surface area (Å²) in [5, 5.41) is 0. The van der Waals surface area contributed by atoms with E-state index in [1.54, 1.807) is 19.1 Å². The van der Waals surface area contributed by atoms with Gasteiger partial charge in [-0.1, -0.05) is 22.9 Å². The zero-order chi connectivity index (χ0) is 16.5. The first-order valence-electron chi connectivity index (χ1n) is 6.77. The fourth-order valence-corrected chi connectivity index (χ4v) is 6.79. The smallest absolute Gasteiger partial charge is 0.247 e. The normalized spacial score (nSPS) is 21.2. The Morgan fingerprint density at radius 2 is 2.09 bits per heavy atom. The molecule has 0 bridgehead atoms. The Morgan fingerprint density at radius 1 is 1.41 bits per heavy atom. The van der Waals surface area contributed by atoms with Crippen molar-refractivity contribution in [3.63, 3.8) is 0 Å². The molecule has 22 heavy (non-hydrogen) atoms. The molecule has 124 valence electrons. The highest BCUT2D eigenvalue weighted by Crippen LogP contribution is 2.32. The van der Waals surface area contributed by atoms with Gasteiger partial charge in [-0.15, -0.1) is 0 Å². The number of sulfonamides is 1. The Balaban J connectivity index is 2.46. The Bertz CT molecular complexity index is 761. The molecule has 6 nitrogen and oxygen atoms in total. The lowest BCUT2D eigenvalue weighted by Crippen LogP contribution is -2.41. The number of hydrogen-bond donors (Lipinski definition) is 0. The van der Waals surface area contributed by atoms with Crippen LogP contribution in [0.1, 0.15) is 13.3 Å². The van der Waals surface area contributed by atoms with Crippen LogP contribution in [-0.2, 0) is 19.9 Å². The van der Waals surface area contributed by atoms with Gasteiger partial charge in [-0.3, -0.25) is 0 Å². The molecule has 1 aromatic rings. The molecule has 1 aliphatic heterocycles. The highest BCUT2D eigenvalue weighted by atomic mass is 79.9. The zero-order valence-corrected chi connectivity index (χ0v) is 15.5. The SMILES string of the molecule is CCN([C@H]1CCS(=O)(=O)C1)S(=O)(=O)c1cc(Br)ccc1OC. The van der Waals surface area contributed by atoms with Gasteiger partial charge in [-0.2, -0.15) is 4.31 Å². The molecule has 1 heterocycles. The van der Waals surface area contributed by atoms with E-state index >= 15 is 0 Å². The molecule has 0 radical (unpaired) electrons. The van der Waals surface area contributed by atoms with Crippen molar-refractivity contribution in [2.24, 2.45) is 0 Å². The molecule has 1 saturated heterocycles. The topological polar surface area (TPSA) is 80.8 Å². The van der Waals surface area contributed by atoms with Crippen LogP contribution in [0.4, 0.5) is 0 Å². The molecule has 0 unspecified atom stereocenters. The van der Waals surface area contributed by atoms with Gasteiger partial charge in [0.05, 0.1) is 18.6 Å². The van der Waals surface area contributed by atoms with Crippen LogP contribution in [0.2, 0.25) is 0 Å². The molecule has 0 spiro atoms. The molecule has 2 rings (SSSR count). The maximum atomic E-state index is 12.9.